The van der Waals surface area contributed by atoms with Crippen LogP contribution < -0.4 is 5.32 Å². The van der Waals surface area contributed by atoms with E-state index in [1.54, 1.807) is 19.1 Å². The lowest BCUT2D eigenvalue weighted by Crippen LogP contribution is -2.15. The van der Waals surface area contributed by atoms with E-state index in [0.717, 1.165) is 0 Å². The van der Waals surface area contributed by atoms with Crippen molar-refractivity contribution >= 4 is 34.9 Å². The van der Waals surface area contributed by atoms with Gasteiger partial charge in [-0.1, -0.05) is 11.6 Å². The first-order valence-electron chi connectivity index (χ1n) is 7.57. The summed E-state index contributed by atoms with van der Waals surface area (Å²) >= 11 is 5.69. The third kappa shape index (κ3) is 3.30. The summed E-state index contributed by atoms with van der Waals surface area (Å²) in [5, 5.41) is 2.36. The first-order chi connectivity index (χ1) is 12.3. The summed E-state index contributed by atoms with van der Waals surface area (Å²) < 4.78 is 31.1. The van der Waals surface area contributed by atoms with Crippen molar-refractivity contribution in [3.8, 4) is 0 Å². The Morgan fingerprint density at radius 3 is 2.62 bits per heavy atom. The van der Waals surface area contributed by atoms with Gasteiger partial charge in [-0.2, -0.15) is 0 Å². The van der Waals surface area contributed by atoms with Gasteiger partial charge in [-0.25, -0.2) is 13.6 Å². The second kappa shape index (κ2) is 6.84. The van der Waals surface area contributed by atoms with Crippen molar-refractivity contribution in [3.05, 3.63) is 63.7 Å². The summed E-state index contributed by atoms with van der Waals surface area (Å²) in [4.78, 5) is 35.8. The van der Waals surface area contributed by atoms with Crippen molar-refractivity contribution < 1.29 is 27.9 Å². The molecule has 0 bridgehead atoms. The number of esters is 1. The smallest absolute Gasteiger partial charge is 0.340 e. The van der Waals surface area contributed by atoms with Gasteiger partial charge in [-0.05, 0) is 42.8 Å². The van der Waals surface area contributed by atoms with Crippen LogP contribution in [0.3, 0.4) is 0 Å². The lowest BCUT2D eigenvalue weighted by molar-refractivity contribution is -0.116. The number of carbonyl (C=O) groups excluding carboxylic acids is 3. The number of anilines is 1. The Kier molecular flexibility index (Phi) is 4.73. The van der Waals surface area contributed by atoms with E-state index in [2.05, 4.69) is 5.32 Å². The lowest BCUT2D eigenvalue weighted by Gasteiger charge is -2.08. The molecule has 8 heteroatoms. The number of carbonyl (C=O) groups is 3. The first-order valence-corrected chi connectivity index (χ1v) is 7.95. The monoisotopic (exact) mass is 379 g/mol. The summed E-state index contributed by atoms with van der Waals surface area (Å²) in [7, 11) is 0. The van der Waals surface area contributed by atoms with Gasteiger partial charge in [-0.3, -0.25) is 9.59 Å². The van der Waals surface area contributed by atoms with E-state index >= 15 is 0 Å². The molecule has 1 atom stereocenters. The van der Waals surface area contributed by atoms with Gasteiger partial charge >= 0.3 is 5.97 Å². The molecule has 0 aliphatic carbocycles. The first kappa shape index (κ1) is 18.0. The Labute approximate surface area is 151 Å². The maximum atomic E-state index is 13.2. The van der Waals surface area contributed by atoms with Gasteiger partial charge in [0.15, 0.2) is 24.0 Å². The Bertz CT molecular complexity index is 945. The van der Waals surface area contributed by atoms with Gasteiger partial charge < -0.3 is 10.1 Å². The lowest BCUT2D eigenvalue weighted by atomic mass is 9.99. The number of rotatable bonds is 4. The molecule has 1 amide bonds. The number of hydrogen-bond donors (Lipinski definition) is 1. The fourth-order valence-electron chi connectivity index (χ4n) is 2.56. The number of fused-ring (bicyclic) bond motifs is 1. The number of ketones is 1. The quantitative estimate of drug-likeness (QED) is 0.499. The number of benzene rings is 2. The van der Waals surface area contributed by atoms with Crippen molar-refractivity contribution in [2.75, 3.05) is 11.9 Å². The molecule has 0 aromatic heterocycles. The van der Waals surface area contributed by atoms with Crippen LogP contribution in [0.4, 0.5) is 14.5 Å². The zero-order chi connectivity index (χ0) is 19.0. The van der Waals surface area contributed by atoms with Gasteiger partial charge in [0.05, 0.1) is 16.5 Å². The number of hydrogen-bond acceptors (Lipinski definition) is 4. The Morgan fingerprint density at radius 1 is 1.19 bits per heavy atom. The number of ether oxygens (including phenoxy) is 1. The van der Waals surface area contributed by atoms with Crippen LogP contribution >= 0.6 is 11.6 Å². The van der Waals surface area contributed by atoms with Crippen molar-refractivity contribution in [2.24, 2.45) is 0 Å². The summed E-state index contributed by atoms with van der Waals surface area (Å²) in [6, 6.07) is 5.91. The van der Waals surface area contributed by atoms with E-state index in [0.29, 0.717) is 23.4 Å². The fraction of sp³-hybridized carbons (Fsp3) is 0.167. The van der Waals surface area contributed by atoms with Crippen LogP contribution in [0.2, 0.25) is 5.02 Å². The molecule has 0 fully saturated rings. The van der Waals surface area contributed by atoms with Crippen molar-refractivity contribution in [1.29, 1.82) is 0 Å². The minimum atomic E-state index is -1.25. The average Bonchev–Trinajstić information content (AvgIpc) is 2.89. The Balaban J connectivity index is 1.71. The van der Waals surface area contributed by atoms with Gasteiger partial charge in [0.25, 0.3) is 0 Å². The van der Waals surface area contributed by atoms with E-state index in [1.165, 1.54) is 6.07 Å². The normalized spacial score (nSPS) is 15.4. The predicted octanol–water partition coefficient (Wildman–Crippen LogP) is 3.71. The molecule has 1 aliphatic rings. The minimum Gasteiger partial charge on any atom is -0.454 e. The molecule has 1 N–H and O–H groups in total. The molecular formula is C18H12ClF2NO4. The van der Waals surface area contributed by atoms with Crippen molar-refractivity contribution in [1.82, 2.24) is 0 Å². The molecule has 134 valence electrons. The summed E-state index contributed by atoms with van der Waals surface area (Å²) in [5.74, 6) is -4.55. The molecule has 1 aliphatic heterocycles. The highest BCUT2D eigenvalue weighted by atomic mass is 35.5. The maximum absolute atomic E-state index is 13.2. The van der Waals surface area contributed by atoms with Crippen LogP contribution in [0.25, 0.3) is 0 Å². The summed E-state index contributed by atoms with van der Waals surface area (Å²) in [6.07, 6.45) is 0. The zero-order valence-electron chi connectivity index (χ0n) is 13.4. The highest BCUT2D eigenvalue weighted by Gasteiger charge is 2.27. The van der Waals surface area contributed by atoms with E-state index < -0.39 is 30.0 Å². The largest absolute Gasteiger partial charge is 0.454 e. The topological polar surface area (TPSA) is 72.5 Å². The average molecular weight is 380 g/mol. The second-order valence-corrected chi connectivity index (χ2v) is 6.17. The van der Waals surface area contributed by atoms with Crippen LogP contribution in [0.5, 0.6) is 0 Å². The standard InChI is InChI=1S/C18H12ClF2NO4/c1-8-10-4-9(2-3-15(10)22-17(8)24)16(23)7-26-18(25)11-5-13(20)14(21)6-12(11)19/h2-6,8H,7H2,1H3,(H,22,24)/t8-/m0/s1. The number of Topliss-reactive ketones (excluding diaryl/α,β-unsaturated/α-hetero) is 1. The van der Waals surface area contributed by atoms with E-state index in [4.69, 9.17) is 16.3 Å². The predicted molar refractivity (Wildman–Crippen MR) is 89.5 cm³/mol. The maximum Gasteiger partial charge on any atom is 0.340 e. The molecule has 0 unspecified atom stereocenters. The molecule has 0 radical (unpaired) electrons. The fourth-order valence-corrected chi connectivity index (χ4v) is 2.79. The number of amides is 1. The number of nitrogens with one attached hydrogen (secondary N) is 1. The van der Waals surface area contributed by atoms with Crippen LogP contribution in [0.1, 0.15) is 39.1 Å². The van der Waals surface area contributed by atoms with Gasteiger partial charge in [0.1, 0.15) is 0 Å². The summed E-state index contributed by atoms with van der Waals surface area (Å²) in [6.45, 7) is 1.10. The molecular weight excluding hydrogens is 368 g/mol. The molecule has 0 spiro atoms. The third-order valence-electron chi connectivity index (χ3n) is 4.06. The van der Waals surface area contributed by atoms with Crippen LogP contribution in [0, 0.1) is 11.6 Å². The minimum absolute atomic E-state index is 0.163. The molecule has 26 heavy (non-hydrogen) atoms. The van der Waals surface area contributed by atoms with Crippen molar-refractivity contribution in [3.63, 3.8) is 0 Å². The highest BCUT2D eigenvalue weighted by molar-refractivity contribution is 6.33. The second-order valence-electron chi connectivity index (χ2n) is 5.76. The zero-order valence-corrected chi connectivity index (χ0v) is 14.2. The molecule has 0 saturated heterocycles. The molecule has 2 aromatic carbocycles. The van der Waals surface area contributed by atoms with E-state index in [1.807, 2.05) is 0 Å². The Morgan fingerprint density at radius 2 is 1.88 bits per heavy atom. The van der Waals surface area contributed by atoms with E-state index in [9.17, 15) is 23.2 Å². The molecule has 0 saturated carbocycles. The van der Waals surface area contributed by atoms with Crippen LogP contribution in [-0.2, 0) is 9.53 Å². The molecule has 1 heterocycles. The van der Waals surface area contributed by atoms with E-state index in [-0.39, 0.29) is 28.0 Å². The number of halogens is 3. The van der Waals surface area contributed by atoms with Crippen LogP contribution in [0.15, 0.2) is 30.3 Å². The highest BCUT2D eigenvalue weighted by Crippen LogP contribution is 2.32. The van der Waals surface area contributed by atoms with Gasteiger partial charge in [0, 0.05) is 11.3 Å². The third-order valence-corrected chi connectivity index (χ3v) is 4.37. The van der Waals surface area contributed by atoms with Crippen molar-refractivity contribution in [2.45, 2.75) is 12.8 Å². The molecule has 3 rings (SSSR count). The SMILES string of the molecule is C[C@@H]1C(=O)Nc2ccc(C(=O)COC(=O)c3cc(F)c(F)cc3Cl)cc21. The van der Waals surface area contributed by atoms with Crippen LogP contribution in [-0.4, -0.2) is 24.3 Å². The van der Waals surface area contributed by atoms with Gasteiger partial charge in [-0.15, -0.1) is 0 Å². The summed E-state index contributed by atoms with van der Waals surface area (Å²) in [5.41, 5.74) is 1.19. The molecule has 5 nitrogen and oxygen atoms in total. The Hall–Kier alpha value is -2.80. The van der Waals surface area contributed by atoms with Gasteiger partial charge in [0.2, 0.25) is 5.91 Å². The molecule has 2 aromatic rings.